The molecule has 1 heterocycles. The summed E-state index contributed by atoms with van der Waals surface area (Å²) in [6.45, 7) is 10.5. The van der Waals surface area contributed by atoms with Crippen molar-refractivity contribution in [2.45, 2.75) is 45.6 Å². The highest BCUT2D eigenvalue weighted by Gasteiger charge is 2.30. The van der Waals surface area contributed by atoms with Crippen LogP contribution in [0.4, 0.5) is 0 Å². The van der Waals surface area contributed by atoms with Crippen molar-refractivity contribution >= 4 is 0 Å². The number of ether oxygens (including phenoxy) is 1. The van der Waals surface area contributed by atoms with E-state index in [1.54, 1.807) is 0 Å². The molecule has 1 aliphatic heterocycles. The van der Waals surface area contributed by atoms with E-state index in [1.807, 2.05) is 0 Å². The lowest BCUT2D eigenvalue weighted by molar-refractivity contribution is 0.0197. The van der Waals surface area contributed by atoms with Crippen LogP contribution in [0.25, 0.3) is 0 Å². The summed E-state index contributed by atoms with van der Waals surface area (Å²) in [4.78, 5) is 2.45. The minimum Gasteiger partial charge on any atom is -0.381 e. The highest BCUT2D eigenvalue weighted by Crippen LogP contribution is 2.24. The Morgan fingerprint density at radius 3 is 2.65 bits per heavy atom. The third-order valence-corrected chi connectivity index (χ3v) is 4.00. The van der Waals surface area contributed by atoms with Gasteiger partial charge in [-0.1, -0.05) is 13.8 Å². The molecule has 3 heteroatoms. The minimum absolute atomic E-state index is 0.131. The van der Waals surface area contributed by atoms with Crippen LogP contribution in [-0.4, -0.2) is 43.8 Å². The maximum Gasteiger partial charge on any atom is 0.0506 e. The molecule has 1 rings (SSSR count). The van der Waals surface area contributed by atoms with Crippen molar-refractivity contribution < 1.29 is 4.74 Å². The van der Waals surface area contributed by atoms with Crippen LogP contribution in [0.2, 0.25) is 0 Å². The third kappa shape index (κ3) is 4.57. The fraction of sp³-hybridized carbons (Fsp3) is 1.00. The Morgan fingerprint density at radius 1 is 1.47 bits per heavy atom. The van der Waals surface area contributed by atoms with E-state index >= 15 is 0 Å². The maximum atomic E-state index is 5.99. The molecule has 0 saturated carbocycles. The van der Waals surface area contributed by atoms with Gasteiger partial charge in [0.25, 0.3) is 0 Å². The minimum atomic E-state index is 0.131. The average Bonchev–Trinajstić information content (AvgIpc) is 2.29. The van der Waals surface area contributed by atoms with Crippen molar-refractivity contribution in [1.82, 2.24) is 4.90 Å². The zero-order chi connectivity index (χ0) is 12.9. The Labute approximate surface area is 107 Å². The van der Waals surface area contributed by atoms with E-state index in [1.165, 1.54) is 12.8 Å². The Morgan fingerprint density at radius 2 is 2.18 bits per heavy atom. The zero-order valence-corrected chi connectivity index (χ0v) is 12.0. The number of nitrogens with two attached hydrogens (primary N) is 1. The van der Waals surface area contributed by atoms with Gasteiger partial charge in [-0.05, 0) is 45.1 Å². The highest BCUT2D eigenvalue weighted by atomic mass is 16.5. The summed E-state index contributed by atoms with van der Waals surface area (Å²) in [5, 5.41) is 0. The fourth-order valence-corrected chi connectivity index (χ4v) is 2.83. The number of nitrogens with zero attached hydrogens (tertiary/aromatic N) is 1. The second kappa shape index (κ2) is 6.72. The SMILES string of the molecule is CC(C)CC(C)(CN)N(C)CC1CCCOC1. The standard InChI is InChI=1S/C14H30N2O/c1-12(2)8-14(3,11-15)16(4)9-13-6-5-7-17-10-13/h12-13H,5-11,15H2,1-4H3. The molecule has 0 amide bonds. The number of hydrogen-bond acceptors (Lipinski definition) is 3. The lowest BCUT2D eigenvalue weighted by atomic mass is 9.88. The van der Waals surface area contributed by atoms with Gasteiger partial charge in [-0.15, -0.1) is 0 Å². The van der Waals surface area contributed by atoms with Crippen LogP contribution >= 0.6 is 0 Å². The van der Waals surface area contributed by atoms with E-state index in [0.717, 1.165) is 32.7 Å². The van der Waals surface area contributed by atoms with Crippen LogP contribution in [0.1, 0.15) is 40.0 Å². The molecule has 1 saturated heterocycles. The fourth-order valence-electron chi connectivity index (χ4n) is 2.83. The van der Waals surface area contributed by atoms with Crippen molar-refractivity contribution in [3.05, 3.63) is 0 Å². The summed E-state index contributed by atoms with van der Waals surface area (Å²) in [5.74, 6) is 1.38. The maximum absolute atomic E-state index is 5.99. The van der Waals surface area contributed by atoms with Crippen LogP contribution in [-0.2, 0) is 4.74 Å². The highest BCUT2D eigenvalue weighted by molar-refractivity contribution is 4.87. The van der Waals surface area contributed by atoms with Crippen LogP contribution in [0.15, 0.2) is 0 Å². The molecule has 2 unspecified atom stereocenters. The third-order valence-electron chi connectivity index (χ3n) is 4.00. The van der Waals surface area contributed by atoms with Crippen molar-refractivity contribution in [3.8, 4) is 0 Å². The second-order valence-corrected chi connectivity index (χ2v) is 6.26. The van der Waals surface area contributed by atoms with E-state index in [2.05, 4.69) is 32.7 Å². The molecule has 0 aromatic rings. The Kier molecular flexibility index (Phi) is 5.90. The summed E-state index contributed by atoms with van der Waals surface area (Å²) in [6.07, 6.45) is 3.67. The van der Waals surface area contributed by atoms with Gasteiger partial charge in [-0.2, -0.15) is 0 Å². The average molecular weight is 242 g/mol. The predicted molar refractivity (Wildman–Crippen MR) is 73.1 cm³/mol. The smallest absolute Gasteiger partial charge is 0.0506 e. The Balaban J connectivity index is 2.49. The molecule has 2 atom stereocenters. The van der Waals surface area contributed by atoms with Crippen molar-refractivity contribution in [2.75, 3.05) is 33.4 Å². The van der Waals surface area contributed by atoms with E-state index in [0.29, 0.717) is 11.8 Å². The first-order chi connectivity index (χ1) is 7.98. The quantitative estimate of drug-likeness (QED) is 0.775. The zero-order valence-electron chi connectivity index (χ0n) is 12.0. The summed E-state index contributed by atoms with van der Waals surface area (Å²) >= 11 is 0. The summed E-state index contributed by atoms with van der Waals surface area (Å²) < 4.78 is 5.55. The van der Waals surface area contributed by atoms with E-state index in [4.69, 9.17) is 10.5 Å². The second-order valence-electron chi connectivity index (χ2n) is 6.26. The van der Waals surface area contributed by atoms with Crippen LogP contribution in [0.3, 0.4) is 0 Å². The molecule has 0 aliphatic carbocycles. The Hall–Kier alpha value is -0.120. The molecule has 2 N–H and O–H groups in total. The van der Waals surface area contributed by atoms with Crippen molar-refractivity contribution in [3.63, 3.8) is 0 Å². The lowest BCUT2D eigenvalue weighted by Crippen LogP contribution is -2.52. The van der Waals surface area contributed by atoms with Gasteiger partial charge in [-0.3, -0.25) is 4.90 Å². The molecule has 0 bridgehead atoms. The first-order valence-corrected chi connectivity index (χ1v) is 6.97. The normalized spacial score (nSPS) is 25.2. The molecule has 102 valence electrons. The Bertz CT molecular complexity index is 214. The molecule has 3 nitrogen and oxygen atoms in total. The number of rotatable bonds is 6. The van der Waals surface area contributed by atoms with Gasteiger partial charge in [-0.25, -0.2) is 0 Å². The van der Waals surface area contributed by atoms with Crippen molar-refractivity contribution in [2.24, 2.45) is 17.6 Å². The lowest BCUT2D eigenvalue weighted by Gasteiger charge is -2.41. The van der Waals surface area contributed by atoms with Crippen LogP contribution < -0.4 is 5.73 Å². The van der Waals surface area contributed by atoms with Gasteiger partial charge in [0.05, 0.1) is 6.61 Å². The van der Waals surface area contributed by atoms with Crippen LogP contribution in [0.5, 0.6) is 0 Å². The van der Waals surface area contributed by atoms with Gasteiger partial charge in [0, 0.05) is 25.2 Å². The monoisotopic (exact) mass is 242 g/mol. The first-order valence-electron chi connectivity index (χ1n) is 6.97. The van der Waals surface area contributed by atoms with Crippen LogP contribution in [0, 0.1) is 11.8 Å². The summed E-state index contributed by atoms with van der Waals surface area (Å²) in [5.41, 5.74) is 6.12. The first kappa shape index (κ1) is 14.9. The molecule has 0 aromatic carbocycles. The van der Waals surface area contributed by atoms with Crippen molar-refractivity contribution in [1.29, 1.82) is 0 Å². The number of likely N-dealkylation sites (N-methyl/N-ethyl adjacent to an activating group) is 1. The van der Waals surface area contributed by atoms with Gasteiger partial charge >= 0.3 is 0 Å². The van der Waals surface area contributed by atoms with E-state index in [9.17, 15) is 0 Å². The van der Waals surface area contributed by atoms with Gasteiger partial charge < -0.3 is 10.5 Å². The molecule has 1 aliphatic rings. The number of hydrogen-bond donors (Lipinski definition) is 1. The van der Waals surface area contributed by atoms with Gasteiger partial charge in [0.2, 0.25) is 0 Å². The predicted octanol–water partition coefficient (Wildman–Crippen LogP) is 2.11. The molecular formula is C14H30N2O. The van der Waals surface area contributed by atoms with E-state index < -0.39 is 0 Å². The van der Waals surface area contributed by atoms with E-state index in [-0.39, 0.29) is 5.54 Å². The topological polar surface area (TPSA) is 38.5 Å². The summed E-state index contributed by atoms with van der Waals surface area (Å²) in [6, 6.07) is 0. The molecule has 17 heavy (non-hydrogen) atoms. The molecular weight excluding hydrogens is 212 g/mol. The molecule has 0 radical (unpaired) electrons. The summed E-state index contributed by atoms with van der Waals surface area (Å²) in [7, 11) is 2.21. The molecule has 0 spiro atoms. The largest absolute Gasteiger partial charge is 0.381 e. The molecule has 1 fully saturated rings. The molecule has 0 aromatic heterocycles. The van der Waals surface area contributed by atoms with Gasteiger partial charge in [0.15, 0.2) is 0 Å². The van der Waals surface area contributed by atoms with Gasteiger partial charge in [0.1, 0.15) is 0 Å².